The Kier molecular flexibility index (Phi) is 4.99. The van der Waals surface area contributed by atoms with E-state index in [1.807, 2.05) is 6.20 Å². The SMILES string of the molecule is CCc1cnc(CCNc2ncc([N+](=O)[O-])cc2C(N)=O)s1. The largest absolute Gasteiger partial charge is 0.369 e. The lowest BCUT2D eigenvalue weighted by Crippen LogP contribution is -2.17. The number of aryl methyl sites for hydroxylation is 1. The van der Waals surface area contributed by atoms with E-state index in [9.17, 15) is 14.9 Å². The fourth-order valence-electron chi connectivity index (χ4n) is 1.80. The molecule has 116 valence electrons. The van der Waals surface area contributed by atoms with Gasteiger partial charge in [-0.2, -0.15) is 0 Å². The summed E-state index contributed by atoms with van der Waals surface area (Å²) in [6.45, 7) is 2.57. The Bertz CT molecular complexity index is 701. The maximum Gasteiger partial charge on any atom is 0.288 e. The summed E-state index contributed by atoms with van der Waals surface area (Å²) in [4.78, 5) is 30.9. The molecule has 8 nitrogen and oxygen atoms in total. The predicted octanol–water partition coefficient (Wildman–Crippen LogP) is 1.76. The van der Waals surface area contributed by atoms with Gasteiger partial charge in [0, 0.05) is 30.1 Å². The van der Waals surface area contributed by atoms with Crippen LogP contribution in [0, 0.1) is 10.1 Å². The molecule has 0 radical (unpaired) electrons. The van der Waals surface area contributed by atoms with Crippen molar-refractivity contribution >= 4 is 28.7 Å². The summed E-state index contributed by atoms with van der Waals surface area (Å²) in [6, 6.07) is 1.12. The monoisotopic (exact) mass is 321 g/mol. The third-order valence-electron chi connectivity index (χ3n) is 2.93. The number of carbonyl (C=O) groups excluding carboxylic acids is 1. The molecule has 0 unspecified atom stereocenters. The first-order chi connectivity index (χ1) is 10.5. The summed E-state index contributed by atoms with van der Waals surface area (Å²) < 4.78 is 0. The van der Waals surface area contributed by atoms with Crippen LogP contribution in [0.25, 0.3) is 0 Å². The third-order valence-corrected chi connectivity index (χ3v) is 4.13. The minimum absolute atomic E-state index is 0.00239. The van der Waals surface area contributed by atoms with Crippen molar-refractivity contribution in [1.82, 2.24) is 9.97 Å². The van der Waals surface area contributed by atoms with Crippen molar-refractivity contribution in [2.24, 2.45) is 5.73 Å². The molecule has 22 heavy (non-hydrogen) atoms. The van der Waals surface area contributed by atoms with Gasteiger partial charge in [0.05, 0.1) is 15.5 Å². The average molecular weight is 321 g/mol. The van der Waals surface area contributed by atoms with Gasteiger partial charge in [-0.1, -0.05) is 6.92 Å². The fourth-order valence-corrected chi connectivity index (χ4v) is 2.66. The van der Waals surface area contributed by atoms with Gasteiger partial charge in [-0.05, 0) is 6.42 Å². The molecule has 0 aliphatic rings. The van der Waals surface area contributed by atoms with E-state index in [1.54, 1.807) is 11.3 Å². The second-order valence-corrected chi connectivity index (χ2v) is 5.66. The number of nitrogens with zero attached hydrogens (tertiary/aromatic N) is 3. The van der Waals surface area contributed by atoms with Crippen molar-refractivity contribution in [3.63, 3.8) is 0 Å². The molecule has 3 N–H and O–H groups in total. The molecule has 0 saturated carbocycles. The van der Waals surface area contributed by atoms with Crippen LogP contribution in [0.4, 0.5) is 11.5 Å². The Morgan fingerprint density at radius 3 is 2.82 bits per heavy atom. The minimum atomic E-state index is -0.763. The van der Waals surface area contributed by atoms with E-state index in [0.29, 0.717) is 13.0 Å². The molecule has 9 heteroatoms. The van der Waals surface area contributed by atoms with Gasteiger partial charge in [-0.3, -0.25) is 14.9 Å². The average Bonchev–Trinajstić information content (AvgIpc) is 2.95. The van der Waals surface area contributed by atoms with Crippen LogP contribution in [0.1, 0.15) is 27.2 Å². The van der Waals surface area contributed by atoms with Gasteiger partial charge in [0.1, 0.15) is 12.0 Å². The van der Waals surface area contributed by atoms with Gasteiger partial charge < -0.3 is 11.1 Å². The number of anilines is 1. The first-order valence-electron chi connectivity index (χ1n) is 6.63. The maximum absolute atomic E-state index is 11.4. The number of pyridine rings is 1. The molecule has 2 rings (SSSR count). The van der Waals surface area contributed by atoms with Crippen molar-refractivity contribution in [2.75, 3.05) is 11.9 Å². The van der Waals surface area contributed by atoms with Crippen LogP contribution in [0.2, 0.25) is 0 Å². The molecule has 0 saturated heterocycles. The molecule has 0 spiro atoms. The van der Waals surface area contributed by atoms with Crippen LogP contribution in [-0.4, -0.2) is 27.3 Å². The number of amides is 1. The summed E-state index contributed by atoms with van der Waals surface area (Å²) in [7, 11) is 0. The van der Waals surface area contributed by atoms with Gasteiger partial charge in [-0.15, -0.1) is 11.3 Å². The summed E-state index contributed by atoms with van der Waals surface area (Å²) in [5.41, 5.74) is 4.97. The Balaban J connectivity index is 2.05. The number of primary amides is 1. The topological polar surface area (TPSA) is 124 Å². The zero-order chi connectivity index (χ0) is 16.1. The number of nitrogens with two attached hydrogens (primary N) is 1. The Labute approximate surface area is 130 Å². The first kappa shape index (κ1) is 15.8. The van der Waals surface area contributed by atoms with Crippen LogP contribution < -0.4 is 11.1 Å². The zero-order valence-electron chi connectivity index (χ0n) is 11.9. The second kappa shape index (κ2) is 6.94. The highest BCUT2D eigenvalue weighted by Gasteiger charge is 2.16. The van der Waals surface area contributed by atoms with Crippen molar-refractivity contribution in [3.05, 3.63) is 44.0 Å². The maximum atomic E-state index is 11.4. The second-order valence-electron chi connectivity index (χ2n) is 4.46. The third kappa shape index (κ3) is 3.76. The van der Waals surface area contributed by atoms with Crippen LogP contribution in [0.5, 0.6) is 0 Å². The summed E-state index contributed by atoms with van der Waals surface area (Å²) in [5.74, 6) is -0.522. The number of thiazole rings is 1. The molecular weight excluding hydrogens is 306 g/mol. The Morgan fingerprint density at radius 2 is 2.23 bits per heavy atom. The summed E-state index contributed by atoms with van der Waals surface area (Å²) in [6.07, 6.45) is 4.55. The van der Waals surface area contributed by atoms with E-state index in [1.165, 1.54) is 4.88 Å². The predicted molar refractivity (Wildman–Crippen MR) is 83.1 cm³/mol. The molecule has 0 aromatic carbocycles. The van der Waals surface area contributed by atoms with E-state index in [2.05, 4.69) is 22.2 Å². The molecule has 0 aliphatic heterocycles. The normalized spacial score (nSPS) is 10.4. The minimum Gasteiger partial charge on any atom is -0.369 e. The molecule has 0 fully saturated rings. The molecule has 1 amide bonds. The van der Waals surface area contributed by atoms with E-state index in [-0.39, 0.29) is 17.1 Å². The van der Waals surface area contributed by atoms with E-state index < -0.39 is 10.8 Å². The Morgan fingerprint density at radius 1 is 1.45 bits per heavy atom. The highest BCUT2D eigenvalue weighted by Crippen LogP contribution is 2.19. The summed E-state index contributed by atoms with van der Waals surface area (Å²) >= 11 is 1.63. The van der Waals surface area contributed by atoms with Crippen molar-refractivity contribution < 1.29 is 9.72 Å². The van der Waals surface area contributed by atoms with Gasteiger partial charge in [-0.25, -0.2) is 9.97 Å². The lowest BCUT2D eigenvalue weighted by molar-refractivity contribution is -0.385. The van der Waals surface area contributed by atoms with Crippen LogP contribution in [0.3, 0.4) is 0 Å². The molecule has 0 aliphatic carbocycles. The lowest BCUT2D eigenvalue weighted by atomic mass is 10.2. The lowest BCUT2D eigenvalue weighted by Gasteiger charge is -2.07. The summed E-state index contributed by atoms with van der Waals surface area (Å²) in [5, 5.41) is 14.7. The van der Waals surface area contributed by atoms with Gasteiger partial charge in [0.15, 0.2) is 0 Å². The fraction of sp³-hybridized carbons (Fsp3) is 0.308. The van der Waals surface area contributed by atoms with Crippen molar-refractivity contribution in [1.29, 1.82) is 0 Å². The number of hydrogen-bond acceptors (Lipinski definition) is 7. The van der Waals surface area contributed by atoms with Gasteiger partial charge >= 0.3 is 0 Å². The number of hydrogen-bond donors (Lipinski definition) is 2. The van der Waals surface area contributed by atoms with Crippen molar-refractivity contribution in [2.45, 2.75) is 19.8 Å². The molecule has 0 bridgehead atoms. The van der Waals surface area contributed by atoms with Crippen LogP contribution in [0.15, 0.2) is 18.5 Å². The quantitative estimate of drug-likeness (QED) is 0.591. The van der Waals surface area contributed by atoms with Gasteiger partial charge in [0.2, 0.25) is 0 Å². The molecule has 2 heterocycles. The number of nitrogens with one attached hydrogen (secondary N) is 1. The highest BCUT2D eigenvalue weighted by atomic mass is 32.1. The van der Waals surface area contributed by atoms with E-state index in [0.717, 1.165) is 23.7 Å². The molecule has 2 aromatic heterocycles. The van der Waals surface area contributed by atoms with Crippen LogP contribution in [-0.2, 0) is 12.8 Å². The number of nitro groups is 1. The number of aromatic nitrogens is 2. The van der Waals surface area contributed by atoms with Crippen molar-refractivity contribution in [3.8, 4) is 0 Å². The van der Waals surface area contributed by atoms with Gasteiger partial charge in [0.25, 0.3) is 11.6 Å². The zero-order valence-corrected chi connectivity index (χ0v) is 12.7. The molecule has 0 atom stereocenters. The first-order valence-corrected chi connectivity index (χ1v) is 7.44. The standard InChI is InChI=1S/C13H15N5O3S/c1-2-9-7-16-11(22-9)3-4-15-13-10(12(14)19)5-8(6-17-13)18(20)21/h5-7H,2-4H2,1H3,(H2,14,19)(H,15,17). The highest BCUT2D eigenvalue weighted by molar-refractivity contribution is 7.11. The number of rotatable bonds is 7. The van der Waals surface area contributed by atoms with E-state index >= 15 is 0 Å². The molecular formula is C13H15N5O3S. The molecule has 2 aromatic rings. The van der Waals surface area contributed by atoms with Crippen LogP contribution >= 0.6 is 11.3 Å². The Hall–Kier alpha value is -2.55. The van der Waals surface area contributed by atoms with E-state index in [4.69, 9.17) is 5.73 Å². The smallest absolute Gasteiger partial charge is 0.288 e. The number of carbonyl (C=O) groups is 1.